The maximum atomic E-state index is 12.4. The lowest BCUT2D eigenvalue weighted by Crippen LogP contribution is -2.39. The smallest absolute Gasteiger partial charge is 0.116 e. The van der Waals surface area contributed by atoms with Gasteiger partial charge in [0.2, 0.25) is 0 Å². The van der Waals surface area contributed by atoms with Gasteiger partial charge in [0.05, 0.1) is 25.2 Å². The summed E-state index contributed by atoms with van der Waals surface area (Å²) in [4.78, 5) is 9.33. The molecule has 0 radical (unpaired) electrons. The molecule has 12 nitrogen and oxygen atoms in total. The van der Waals surface area contributed by atoms with Crippen LogP contribution in [0.25, 0.3) is 22.3 Å². The number of nitrogens with two attached hydrogens (primary N) is 2. The fraction of sp³-hybridized carbons (Fsp3) is 0.413. The zero-order chi connectivity index (χ0) is 59.0. The van der Waals surface area contributed by atoms with E-state index in [4.69, 9.17) is 21.4 Å². The van der Waals surface area contributed by atoms with Crippen molar-refractivity contribution in [3.05, 3.63) is 193 Å². The van der Waals surface area contributed by atoms with Crippen LogP contribution in [0, 0.1) is 12.8 Å². The van der Waals surface area contributed by atoms with Crippen molar-refractivity contribution in [3.8, 4) is 22.3 Å². The lowest BCUT2D eigenvalue weighted by Gasteiger charge is -2.24. The summed E-state index contributed by atoms with van der Waals surface area (Å²) >= 11 is 0. The Hall–Kier alpha value is -6.39. The Morgan fingerprint density at radius 3 is 1.95 bits per heavy atom. The van der Waals surface area contributed by atoms with Crippen molar-refractivity contribution in [2.24, 2.45) is 22.4 Å². The number of hydrazine groups is 1. The summed E-state index contributed by atoms with van der Waals surface area (Å²) < 4.78 is 21.9. The van der Waals surface area contributed by atoms with E-state index in [1.54, 1.807) is 30.4 Å². The molecule has 77 heavy (non-hydrogen) atoms. The Balaban J connectivity index is -0.00000101. The number of aryl methyl sites for hydroxylation is 1. The summed E-state index contributed by atoms with van der Waals surface area (Å²) in [6.45, 7) is 33.6. The molecular formula is C63H101F2N9O3. The van der Waals surface area contributed by atoms with Gasteiger partial charge >= 0.3 is 0 Å². The van der Waals surface area contributed by atoms with Crippen LogP contribution in [-0.4, -0.2) is 100 Å². The number of hydroxylamine groups is 2. The monoisotopic (exact) mass is 1070 g/mol. The van der Waals surface area contributed by atoms with Gasteiger partial charge in [-0.25, -0.2) is 9.40 Å². The van der Waals surface area contributed by atoms with Crippen molar-refractivity contribution < 1.29 is 23.8 Å². The van der Waals surface area contributed by atoms with E-state index in [1.165, 1.54) is 47.4 Å². The van der Waals surface area contributed by atoms with Crippen LogP contribution in [0.5, 0.6) is 0 Å². The number of allylic oxidation sites excluding steroid dienone is 8. The molecule has 0 bridgehead atoms. The van der Waals surface area contributed by atoms with Gasteiger partial charge in [0.1, 0.15) is 12.9 Å². The van der Waals surface area contributed by atoms with Crippen LogP contribution in [0.2, 0.25) is 0 Å². The quantitative estimate of drug-likeness (QED) is 0.0178. The molecule has 5 rings (SSSR count). The number of aliphatic hydroxyl groups excluding tert-OH is 2. The highest BCUT2D eigenvalue weighted by atomic mass is 19.1. The molecule has 0 amide bonds. The van der Waals surface area contributed by atoms with Gasteiger partial charge in [0.25, 0.3) is 0 Å². The molecule has 0 aliphatic carbocycles. The standard InChI is InChI=1S/C24H33N5O2.C19H16.C7H16FN3.C6H15N.C3H8.C2H6.CH3F.CH4O/c1-4-5-6-8-21-12-13-23(28-21)19(2)10-11-20(17-30)24(16-26-3)27-15-22-9-7-14-29(22)31-18-25;1-15-7-9-17(10-8-15)19-13-11-18(12-14-19)16-5-3-2-4-6-16;1-6(8)5-11(3)10-7(2)4-9;1-5(2)6(3)7-4;1-3-2;3*1-2/h4-6,8,10-11,13,16-17,22,27-28,30H,1-3,7,9,12,14-15,18,25H2;2-14H,1H3;4,6,10H,5,9H2,1-3H3;5-7H,1-4H3;3H2,1-2H3;1-2H3;1H3;2H,1H3/b6-5-,11-10-,20-17+,21-8+,24-16-;;7-4-;;;;;. The fourth-order valence-corrected chi connectivity index (χ4v) is 6.69. The number of halogens is 2. The number of hydrogen-bond acceptors (Lipinski definition) is 12. The first-order valence-corrected chi connectivity index (χ1v) is 26.5. The highest BCUT2D eigenvalue weighted by molar-refractivity contribution is 5.70. The topological polar surface area (TPSA) is 169 Å². The molecule has 3 aromatic rings. The van der Waals surface area contributed by atoms with Gasteiger partial charge in [0, 0.05) is 81.3 Å². The van der Waals surface area contributed by atoms with E-state index >= 15 is 0 Å². The molecule has 10 N–H and O–H groups in total. The number of aliphatic imine (C=N–C) groups is 1. The van der Waals surface area contributed by atoms with Crippen LogP contribution in [0.3, 0.4) is 0 Å². The average molecular weight is 1070 g/mol. The Morgan fingerprint density at radius 1 is 0.948 bits per heavy atom. The number of hydrogen-bond donors (Lipinski definition) is 8. The molecule has 0 saturated carbocycles. The molecule has 2 aliphatic rings. The van der Waals surface area contributed by atoms with E-state index in [9.17, 15) is 13.9 Å². The summed E-state index contributed by atoms with van der Waals surface area (Å²) in [7, 11) is 5.26. The lowest BCUT2D eigenvalue weighted by atomic mass is 10.00. The third-order valence-electron chi connectivity index (χ3n) is 10.9. The zero-order valence-corrected chi connectivity index (χ0v) is 49.4. The molecular weight excluding hydrogens is 969 g/mol. The van der Waals surface area contributed by atoms with Gasteiger partial charge in [-0.2, -0.15) is 5.06 Å². The normalized spacial score (nSPS) is 15.3. The number of benzene rings is 3. The van der Waals surface area contributed by atoms with Gasteiger partial charge < -0.3 is 43.1 Å². The van der Waals surface area contributed by atoms with Gasteiger partial charge in [0.15, 0.2) is 0 Å². The van der Waals surface area contributed by atoms with Gasteiger partial charge in [-0.3, -0.25) is 14.2 Å². The Bertz CT molecular complexity index is 2190. The highest BCUT2D eigenvalue weighted by Gasteiger charge is 2.25. The van der Waals surface area contributed by atoms with Crippen molar-refractivity contribution >= 4 is 6.72 Å². The van der Waals surface area contributed by atoms with Crippen molar-refractivity contribution in [2.45, 2.75) is 113 Å². The lowest BCUT2D eigenvalue weighted by molar-refractivity contribution is -0.165. The molecule has 0 aromatic heterocycles. The molecule has 1 fully saturated rings. The Kier molecular flexibility index (Phi) is 47.8. The summed E-state index contributed by atoms with van der Waals surface area (Å²) in [5, 5.41) is 30.2. The number of nitrogens with one attached hydrogen (secondary N) is 4. The van der Waals surface area contributed by atoms with E-state index < -0.39 is 6.17 Å². The number of nitrogens with zero attached hydrogens (tertiary/aromatic N) is 3. The number of rotatable bonds is 20. The minimum atomic E-state index is -0.835. The molecule has 430 valence electrons. The second-order valence-corrected chi connectivity index (χ2v) is 17.5. The predicted octanol–water partition coefficient (Wildman–Crippen LogP) is 13.3. The van der Waals surface area contributed by atoms with E-state index in [0.717, 1.165) is 67.8 Å². The molecule has 2 aliphatic heterocycles. The van der Waals surface area contributed by atoms with E-state index in [1.807, 2.05) is 63.3 Å². The predicted molar refractivity (Wildman–Crippen MR) is 330 cm³/mol. The first-order chi connectivity index (χ1) is 37.1. The zero-order valence-electron chi connectivity index (χ0n) is 49.4. The Labute approximate surface area is 465 Å². The van der Waals surface area contributed by atoms with Gasteiger partial charge in [-0.15, -0.1) is 0 Å². The second kappa shape index (κ2) is 49.2. The van der Waals surface area contributed by atoms with Gasteiger partial charge in [-0.1, -0.05) is 176 Å². The molecule has 1 saturated heterocycles. The van der Waals surface area contributed by atoms with Crippen LogP contribution in [-0.2, 0) is 4.84 Å². The summed E-state index contributed by atoms with van der Waals surface area (Å²) in [5.41, 5.74) is 24.8. The molecule has 3 unspecified atom stereocenters. The third kappa shape index (κ3) is 34.8. The highest BCUT2D eigenvalue weighted by Crippen LogP contribution is 2.25. The third-order valence-corrected chi connectivity index (χ3v) is 10.9. The van der Waals surface area contributed by atoms with E-state index in [-0.39, 0.29) is 12.8 Å². The molecule has 3 aromatic carbocycles. The average Bonchev–Trinajstić information content (AvgIpc) is 4.12. The first kappa shape index (κ1) is 74.8. The van der Waals surface area contributed by atoms with Gasteiger partial charge in [-0.05, 0) is 100 Å². The van der Waals surface area contributed by atoms with Crippen LogP contribution in [0.4, 0.5) is 8.78 Å². The molecule has 2 heterocycles. The van der Waals surface area contributed by atoms with Crippen LogP contribution in [0.1, 0.15) is 93.6 Å². The Morgan fingerprint density at radius 2 is 1.49 bits per heavy atom. The molecule has 14 heteroatoms. The van der Waals surface area contributed by atoms with Crippen LogP contribution < -0.4 is 32.8 Å². The molecule has 3 atom stereocenters. The van der Waals surface area contributed by atoms with Crippen molar-refractivity contribution in [1.29, 1.82) is 0 Å². The summed E-state index contributed by atoms with van der Waals surface area (Å²) in [6, 6.07) is 28.7. The maximum absolute atomic E-state index is 12.4. The van der Waals surface area contributed by atoms with Crippen molar-refractivity contribution in [2.75, 3.05) is 54.7 Å². The van der Waals surface area contributed by atoms with Crippen molar-refractivity contribution in [3.63, 3.8) is 0 Å². The summed E-state index contributed by atoms with van der Waals surface area (Å²) in [5.74, 6) is 0.755. The largest absolute Gasteiger partial charge is 0.515 e. The number of aliphatic hydroxyl groups is 2. The van der Waals surface area contributed by atoms with Crippen LogP contribution in [0.15, 0.2) is 192 Å². The minimum Gasteiger partial charge on any atom is -0.515 e. The number of alkyl halides is 2. The fourth-order valence-electron chi connectivity index (χ4n) is 6.69. The molecule has 0 spiro atoms. The van der Waals surface area contributed by atoms with Crippen molar-refractivity contribution in [1.82, 2.24) is 31.4 Å². The summed E-state index contributed by atoms with van der Waals surface area (Å²) in [6.07, 6.45) is 20.6. The minimum absolute atomic E-state index is 0.158. The first-order valence-electron chi connectivity index (χ1n) is 26.5. The van der Waals surface area contributed by atoms with E-state index in [2.05, 4.69) is 167 Å². The van der Waals surface area contributed by atoms with Crippen LogP contribution >= 0.6 is 0 Å². The second-order valence-electron chi connectivity index (χ2n) is 17.5. The SMILES string of the molecule is C/C(=C/N)NN(C)CC(C)F.C=C/C=C\C=C1/CC=C(C(=C)\C=C/C(=C\O)C(=C/N=C)/NCC2CCCN2OCN)N1.CC.CCC.CF.CNC(C)C(C)C.CO.Cc1ccc(-c2ccc(-c3ccccc3)cc2)cc1. The van der Waals surface area contributed by atoms with E-state index in [0.29, 0.717) is 37.6 Å². The maximum Gasteiger partial charge on any atom is 0.116 e.